The summed E-state index contributed by atoms with van der Waals surface area (Å²) in [6, 6.07) is 7.27. The summed E-state index contributed by atoms with van der Waals surface area (Å²) in [5, 5.41) is 0. The third kappa shape index (κ3) is 2.34. The van der Waals surface area contributed by atoms with Crippen molar-refractivity contribution >= 4 is 11.8 Å². The van der Waals surface area contributed by atoms with E-state index < -0.39 is 0 Å². The normalized spacial score (nSPS) is 10.3. The summed E-state index contributed by atoms with van der Waals surface area (Å²) < 4.78 is 10.5. The first-order valence-electron chi connectivity index (χ1n) is 5.62. The molecule has 2 aromatic rings. The Balaban J connectivity index is 2.47. The van der Waals surface area contributed by atoms with Crippen molar-refractivity contribution in [3.05, 3.63) is 30.0 Å². The fraction of sp³-hybridized carbons (Fsp3) is 0.231. The second-order valence-corrected chi connectivity index (χ2v) is 3.75. The van der Waals surface area contributed by atoms with E-state index in [9.17, 15) is 4.79 Å². The number of nitrogens with two attached hydrogens (primary N) is 1. The highest BCUT2D eigenvalue weighted by molar-refractivity contribution is 5.97. The van der Waals surface area contributed by atoms with Gasteiger partial charge in [-0.05, 0) is 19.1 Å². The number of hydrogen-bond donors (Lipinski definition) is 1. The van der Waals surface area contributed by atoms with Crippen molar-refractivity contribution in [3.63, 3.8) is 0 Å². The van der Waals surface area contributed by atoms with Crippen LogP contribution in [0.5, 0.6) is 5.75 Å². The molecular weight excluding hydrogens is 232 g/mol. The van der Waals surface area contributed by atoms with Gasteiger partial charge >= 0.3 is 0 Å². The second-order valence-electron chi connectivity index (χ2n) is 3.75. The summed E-state index contributed by atoms with van der Waals surface area (Å²) in [5.41, 5.74) is 6.68. The first-order chi connectivity index (χ1) is 8.61. The Kier molecular flexibility index (Phi) is 3.32. The number of rotatable bonds is 4. The molecule has 0 spiro atoms. The molecule has 1 aromatic heterocycles. The van der Waals surface area contributed by atoms with Gasteiger partial charge in [0.1, 0.15) is 11.4 Å². The Morgan fingerprint density at radius 2 is 2.28 bits per heavy atom. The van der Waals surface area contributed by atoms with E-state index in [1.807, 2.05) is 25.1 Å². The molecule has 18 heavy (non-hydrogen) atoms. The van der Waals surface area contributed by atoms with E-state index in [2.05, 4.69) is 4.98 Å². The molecule has 5 nitrogen and oxygen atoms in total. The molecule has 94 valence electrons. The van der Waals surface area contributed by atoms with Gasteiger partial charge in [-0.25, -0.2) is 0 Å². The minimum Gasteiger partial charge on any atom is -0.494 e. The van der Waals surface area contributed by atoms with Gasteiger partial charge in [0.15, 0.2) is 11.5 Å². The van der Waals surface area contributed by atoms with Crippen LogP contribution in [0.4, 0.5) is 6.01 Å². The lowest BCUT2D eigenvalue weighted by atomic mass is 10.1. The molecule has 0 saturated carbocycles. The lowest BCUT2D eigenvalue weighted by Crippen LogP contribution is -1.94. The zero-order chi connectivity index (χ0) is 13.1. The monoisotopic (exact) mass is 246 g/mol. The number of oxazole rings is 1. The Hall–Kier alpha value is -2.30. The van der Waals surface area contributed by atoms with Crippen LogP contribution in [0.25, 0.3) is 11.3 Å². The van der Waals surface area contributed by atoms with E-state index in [1.165, 1.54) is 6.92 Å². The van der Waals surface area contributed by atoms with E-state index in [1.54, 1.807) is 6.07 Å². The summed E-state index contributed by atoms with van der Waals surface area (Å²) in [4.78, 5) is 15.5. The minimum absolute atomic E-state index is 0.0167. The lowest BCUT2D eigenvalue weighted by molar-refractivity contribution is 0.0989. The molecule has 0 atom stereocenters. The molecule has 0 aliphatic carbocycles. The molecule has 1 aromatic carbocycles. The number of anilines is 1. The zero-order valence-electron chi connectivity index (χ0n) is 10.3. The minimum atomic E-state index is -0.212. The number of carbonyl (C=O) groups excluding carboxylic acids is 1. The van der Waals surface area contributed by atoms with E-state index in [4.69, 9.17) is 14.9 Å². The van der Waals surface area contributed by atoms with Gasteiger partial charge < -0.3 is 14.9 Å². The Bertz CT molecular complexity index is 575. The molecule has 5 heteroatoms. The highest BCUT2D eigenvalue weighted by Gasteiger charge is 2.17. The van der Waals surface area contributed by atoms with Gasteiger partial charge in [0.05, 0.1) is 6.61 Å². The Morgan fingerprint density at radius 1 is 1.50 bits per heavy atom. The summed E-state index contributed by atoms with van der Waals surface area (Å²) in [5.74, 6) is 0.670. The number of aromatic nitrogens is 1. The predicted molar refractivity (Wildman–Crippen MR) is 67.5 cm³/mol. The fourth-order valence-corrected chi connectivity index (χ4v) is 1.67. The van der Waals surface area contributed by atoms with E-state index in [0.29, 0.717) is 18.1 Å². The maximum atomic E-state index is 11.4. The quantitative estimate of drug-likeness (QED) is 0.838. The van der Waals surface area contributed by atoms with Crippen molar-refractivity contribution in [2.24, 2.45) is 0 Å². The average Bonchev–Trinajstić information content (AvgIpc) is 2.72. The van der Waals surface area contributed by atoms with Gasteiger partial charge in [-0.15, -0.1) is 0 Å². The van der Waals surface area contributed by atoms with Gasteiger partial charge in [-0.2, -0.15) is 4.98 Å². The van der Waals surface area contributed by atoms with Gasteiger partial charge in [0.2, 0.25) is 0 Å². The van der Waals surface area contributed by atoms with Crippen molar-refractivity contribution in [1.82, 2.24) is 4.98 Å². The van der Waals surface area contributed by atoms with Crippen molar-refractivity contribution in [1.29, 1.82) is 0 Å². The molecule has 0 bridgehead atoms. The maximum Gasteiger partial charge on any atom is 0.293 e. The van der Waals surface area contributed by atoms with Gasteiger partial charge in [-0.3, -0.25) is 4.79 Å². The van der Waals surface area contributed by atoms with Crippen LogP contribution in [-0.4, -0.2) is 17.4 Å². The third-order valence-corrected chi connectivity index (χ3v) is 2.38. The van der Waals surface area contributed by atoms with Crippen LogP contribution in [0, 0.1) is 0 Å². The summed E-state index contributed by atoms with van der Waals surface area (Å²) in [7, 11) is 0. The van der Waals surface area contributed by atoms with Crippen LogP contribution < -0.4 is 10.5 Å². The number of carbonyl (C=O) groups is 1. The maximum absolute atomic E-state index is 11.4. The molecule has 0 fully saturated rings. The topological polar surface area (TPSA) is 78.3 Å². The molecule has 0 amide bonds. The van der Waals surface area contributed by atoms with Crippen LogP contribution in [0.2, 0.25) is 0 Å². The first kappa shape index (κ1) is 12.2. The van der Waals surface area contributed by atoms with Gasteiger partial charge in [0.25, 0.3) is 6.01 Å². The standard InChI is InChI=1S/C13H14N2O3/c1-3-17-10-6-4-5-9(7-10)11-12(8(2)16)18-13(14)15-11/h4-7H,3H2,1-2H3,(H2,14,15). The number of nitrogens with zero attached hydrogens (tertiary/aromatic N) is 1. The van der Waals surface area contributed by atoms with Crippen LogP contribution in [0.3, 0.4) is 0 Å². The number of nitrogen functional groups attached to an aromatic ring is 1. The van der Waals surface area contributed by atoms with Crippen LogP contribution in [-0.2, 0) is 0 Å². The summed E-state index contributed by atoms with van der Waals surface area (Å²) >= 11 is 0. The molecule has 2 rings (SSSR count). The summed E-state index contributed by atoms with van der Waals surface area (Å²) in [6.45, 7) is 3.89. The van der Waals surface area contributed by atoms with Crippen LogP contribution in [0.1, 0.15) is 24.4 Å². The molecule has 0 saturated heterocycles. The van der Waals surface area contributed by atoms with Gasteiger partial charge in [0, 0.05) is 12.5 Å². The number of ketones is 1. The number of hydrogen-bond acceptors (Lipinski definition) is 5. The second kappa shape index (κ2) is 4.91. The highest BCUT2D eigenvalue weighted by atomic mass is 16.5. The van der Waals surface area contributed by atoms with Crippen molar-refractivity contribution < 1.29 is 13.9 Å². The van der Waals surface area contributed by atoms with Crippen molar-refractivity contribution in [2.45, 2.75) is 13.8 Å². The largest absolute Gasteiger partial charge is 0.494 e. The highest BCUT2D eigenvalue weighted by Crippen LogP contribution is 2.28. The van der Waals surface area contributed by atoms with E-state index in [-0.39, 0.29) is 17.6 Å². The Labute approximate surface area is 105 Å². The molecule has 2 N–H and O–H groups in total. The lowest BCUT2D eigenvalue weighted by Gasteiger charge is -2.04. The van der Waals surface area contributed by atoms with Crippen molar-refractivity contribution in [3.8, 4) is 17.0 Å². The van der Waals surface area contributed by atoms with E-state index >= 15 is 0 Å². The van der Waals surface area contributed by atoms with Gasteiger partial charge in [-0.1, -0.05) is 12.1 Å². The molecular formula is C13H14N2O3. The Morgan fingerprint density at radius 3 is 2.94 bits per heavy atom. The predicted octanol–water partition coefficient (Wildman–Crippen LogP) is 2.53. The molecule has 1 heterocycles. The molecule has 0 radical (unpaired) electrons. The van der Waals surface area contributed by atoms with Crippen molar-refractivity contribution in [2.75, 3.05) is 12.3 Å². The van der Waals surface area contributed by atoms with E-state index in [0.717, 1.165) is 5.56 Å². The number of benzene rings is 1. The van der Waals surface area contributed by atoms with Crippen LogP contribution >= 0.6 is 0 Å². The number of Topliss-reactive ketones (excluding diaryl/α,β-unsaturated/α-hetero) is 1. The smallest absolute Gasteiger partial charge is 0.293 e. The van der Waals surface area contributed by atoms with Crippen LogP contribution in [0.15, 0.2) is 28.7 Å². The first-order valence-corrected chi connectivity index (χ1v) is 5.62. The number of ether oxygens (including phenoxy) is 1. The molecule has 0 aliphatic rings. The fourth-order valence-electron chi connectivity index (χ4n) is 1.67. The summed E-state index contributed by atoms with van der Waals surface area (Å²) in [6.07, 6.45) is 0. The molecule has 0 unspecified atom stereocenters. The zero-order valence-corrected chi connectivity index (χ0v) is 10.3. The average molecular weight is 246 g/mol. The third-order valence-electron chi connectivity index (χ3n) is 2.38. The SMILES string of the molecule is CCOc1cccc(-c2nc(N)oc2C(C)=O)c1. The molecule has 0 aliphatic heterocycles.